The third-order valence-electron chi connectivity index (χ3n) is 7.03. The second kappa shape index (κ2) is 12.1. The SMILES string of the molecule is C.CCN(CC)c1ccc2c(c1)CC1=CC(=[N+](CC)CC)C=CC1=C2c1ccc(N=C=S)cc1C(=O)O. The van der Waals surface area contributed by atoms with E-state index in [0.29, 0.717) is 11.3 Å². The number of benzene rings is 2. The van der Waals surface area contributed by atoms with Crippen molar-refractivity contribution < 1.29 is 14.5 Å². The lowest BCUT2D eigenvalue weighted by Gasteiger charge is -2.29. The summed E-state index contributed by atoms with van der Waals surface area (Å²) >= 11 is 4.73. The van der Waals surface area contributed by atoms with Crippen molar-refractivity contribution >= 4 is 46.0 Å². The Labute approximate surface area is 225 Å². The van der Waals surface area contributed by atoms with Gasteiger partial charge in [0.2, 0.25) is 0 Å². The summed E-state index contributed by atoms with van der Waals surface area (Å²) in [5.74, 6) is -0.993. The van der Waals surface area contributed by atoms with Crippen molar-refractivity contribution in [1.29, 1.82) is 0 Å². The number of hydrogen-bond donors (Lipinski definition) is 1. The summed E-state index contributed by atoms with van der Waals surface area (Å²) in [4.78, 5) is 18.7. The molecule has 5 nitrogen and oxygen atoms in total. The van der Waals surface area contributed by atoms with E-state index >= 15 is 0 Å². The van der Waals surface area contributed by atoms with Gasteiger partial charge in [-0.2, -0.15) is 4.99 Å². The quantitative estimate of drug-likeness (QED) is 0.235. The molecule has 6 heteroatoms. The molecule has 37 heavy (non-hydrogen) atoms. The summed E-state index contributed by atoms with van der Waals surface area (Å²) in [6, 6.07) is 11.8. The van der Waals surface area contributed by atoms with Crippen molar-refractivity contribution in [2.24, 2.45) is 4.99 Å². The lowest BCUT2D eigenvalue weighted by molar-refractivity contribution is -0.519. The van der Waals surface area contributed by atoms with Gasteiger partial charge >= 0.3 is 5.97 Å². The minimum absolute atomic E-state index is 0. The predicted molar refractivity (Wildman–Crippen MR) is 158 cm³/mol. The van der Waals surface area contributed by atoms with Gasteiger partial charge in [0.05, 0.1) is 16.4 Å². The lowest BCUT2D eigenvalue weighted by Crippen LogP contribution is -2.23. The van der Waals surface area contributed by atoms with E-state index in [-0.39, 0.29) is 13.0 Å². The Bertz CT molecular complexity index is 1380. The Morgan fingerprint density at radius 1 is 1.05 bits per heavy atom. The molecule has 0 radical (unpaired) electrons. The van der Waals surface area contributed by atoms with Crippen LogP contribution in [0.25, 0.3) is 5.57 Å². The van der Waals surface area contributed by atoms with Crippen molar-refractivity contribution in [2.45, 2.75) is 41.5 Å². The van der Waals surface area contributed by atoms with Gasteiger partial charge in [-0.1, -0.05) is 19.6 Å². The van der Waals surface area contributed by atoms with Crippen molar-refractivity contribution in [3.8, 4) is 0 Å². The number of thiocarbonyl (C=S) groups is 1. The number of hydrogen-bond acceptors (Lipinski definition) is 4. The average molecular weight is 515 g/mol. The number of rotatable bonds is 8. The number of aliphatic imine (C=N–C) groups is 1. The maximum atomic E-state index is 12.4. The molecule has 4 rings (SSSR count). The third kappa shape index (κ3) is 5.41. The Hall–Kier alpha value is -3.60. The van der Waals surface area contributed by atoms with Gasteiger partial charge in [-0.15, -0.1) is 0 Å². The average Bonchev–Trinajstić information content (AvgIpc) is 2.89. The van der Waals surface area contributed by atoms with E-state index in [1.807, 2.05) is 6.07 Å². The number of isothiocyanates is 1. The van der Waals surface area contributed by atoms with Gasteiger partial charge in [-0.25, -0.2) is 9.37 Å². The number of carbonyl (C=O) groups is 1. The van der Waals surface area contributed by atoms with Gasteiger partial charge in [0, 0.05) is 30.9 Å². The minimum atomic E-state index is -0.993. The summed E-state index contributed by atoms with van der Waals surface area (Å²) in [5, 5.41) is 12.5. The molecule has 2 aromatic rings. The van der Waals surface area contributed by atoms with E-state index in [2.05, 4.69) is 83.8 Å². The highest BCUT2D eigenvalue weighted by Gasteiger charge is 2.29. The van der Waals surface area contributed by atoms with E-state index in [0.717, 1.165) is 49.3 Å². The fourth-order valence-corrected chi connectivity index (χ4v) is 5.31. The first-order valence-electron chi connectivity index (χ1n) is 12.5. The van der Waals surface area contributed by atoms with Gasteiger partial charge in [-0.3, -0.25) is 0 Å². The summed E-state index contributed by atoms with van der Waals surface area (Å²) < 4.78 is 2.34. The summed E-state index contributed by atoms with van der Waals surface area (Å²) in [6.45, 7) is 12.4. The molecule has 2 aliphatic carbocycles. The molecule has 192 valence electrons. The lowest BCUT2D eigenvalue weighted by atomic mass is 9.76. The smallest absolute Gasteiger partial charge is 0.336 e. The fraction of sp³-hybridized carbons (Fsp3) is 0.323. The van der Waals surface area contributed by atoms with Crippen molar-refractivity contribution in [2.75, 3.05) is 31.1 Å². The molecule has 0 amide bonds. The first-order valence-corrected chi connectivity index (χ1v) is 12.9. The van der Waals surface area contributed by atoms with Crippen LogP contribution in [0.1, 0.15) is 62.2 Å². The van der Waals surface area contributed by atoms with Crippen LogP contribution in [0.15, 0.2) is 70.8 Å². The highest BCUT2D eigenvalue weighted by atomic mass is 32.1. The van der Waals surface area contributed by atoms with Crippen LogP contribution in [0.4, 0.5) is 11.4 Å². The predicted octanol–water partition coefficient (Wildman–Crippen LogP) is 6.95. The first kappa shape index (κ1) is 28.0. The van der Waals surface area contributed by atoms with E-state index in [4.69, 9.17) is 12.2 Å². The molecule has 0 saturated heterocycles. The van der Waals surface area contributed by atoms with E-state index < -0.39 is 5.97 Å². The number of carboxylic acid groups (broad SMARTS) is 1. The molecule has 0 aromatic heterocycles. The molecule has 0 bridgehead atoms. The van der Waals surface area contributed by atoms with Crippen molar-refractivity contribution in [1.82, 2.24) is 0 Å². The molecule has 0 unspecified atom stereocenters. The van der Waals surface area contributed by atoms with E-state index in [1.165, 1.54) is 22.5 Å². The summed E-state index contributed by atoms with van der Waals surface area (Å²) in [7, 11) is 0. The Balaban J connectivity index is 0.00000380. The second-order valence-corrected chi connectivity index (χ2v) is 9.00. The van der Waals surface area contributed by atoms with Gasteiger partial charge < -0.3 is 10.0 Å². The zero-order valence-electron chi connectivity index (χ0n) is 21.3. The maximum Gasteiger partial charge on any atom is 0.336 e. The molecule has 2 aromatic carbocycles. The molecule has 0 heterocycles. The second-order valence-electron chi connectivity index (χ2n) is 8.82. The van der Waals surface area contributed by atoms with Crippen molar-refractivity contribution in [3.05, 3.63) is 88.0 Å². The molecular formula is C31H36N3O2S+. The summed E-state index contributed by atoms with van der Waals surface area (Å²) in [5.41, 5.74) is 9.23. The van der Waals surface area contributed by atoms with E-state index in [1.54, 1.807) is 12.1 Å². The maximum absolute atomic E-state index is 12.4. The zero-order chi connectivity index (χ0) is 25.8. The van der Waals surface area contributed by atoms with Gasteiger partial charge in [0.1, 0.15) is 13.1 Å². The standard InChI is InChI=1S/C30H31N3O2S.CH4/c1-5-32(6-2)23-10-13-25-20(16-23)15-21-17-24(33(7-3)8-4)11-14-26(21)29(25)27-12-9-22(31-19-36)18-28(27)30(34)35;/h9-14,16-18H,5-8,15H2,1-4H3;1H4/p+1. The van der Waals surface area contributed by atoms with Crippen LogP contribution < -0.4 is 4.90 Å². The van der Waals surface area contributed by atoms with Gasteiger partial charge in [0.15, 0.2) is 5.71 Å². The highest BCUT2D eigenvalue weighted by molar-refractivity contribution is 7.78. The zero-order valence-corrected chi connectivity index (χ0v) is 22.2. The largest absolute Gasteiger partial charge is 0.478 e. The molecule has 1 N–H and O–H groups in total. The summed E-state index contributed by atoms with van der Waals surface area (Å²) in [6.07, 6.45) is 7.36. The topological polar surface area (TPSA) is 55.9 Å². The monoisotopic (exact) mass is 514 g/mol. The Morgan fingerprint density at radius 2 is 1.76 bits per heavy atom. The molecule has 0 saturated carbocycles. The van der Waals surface area contributed by atoms with Crippen LogP contribution in [0.2, 0.25) is 0 Å². The number of allylic oxidation sites excluding steroid dienone is 5. The van der Waals surface area contributed by atoms with Crippen LogP contribution in [0.5, 0.6) is 0 Å². The van der Waals surface area contributed by atoms with Crippen LogP contribution in [0, 0.1) is 0 Å². The molecular weight excluding hydrogens is 478 g/mol. The first-order chi connectivity index (χ1) is 17.4. The Kier molecular flexibility index (Phi) is 9.14. The van der Waals surface area contributed by atoms with Crippen LogP contribution in [-0.4, -0.2) is 52.7 Å². The third-order valence-corrected chi connectivity index (χ3v) is 7.12. The van der Waals surface area contributed by atoms with Crippen LogP contribution in [-0.2, 0) is 6.42 Å². The molecule has 0 spiro atoms. The normalized spacial score (nSPS) is 13.6. The molecule has 2 aliphatic rings. The number of carboxylic acids is 1. The highest BCUT2D eigenvalue weighted by Crippen LogP contribution is 2.43. The van der Waals surface area contributed by atoms with E-state index in [9.17, 15) is 9.90 Å². The van der Waals surface area contributed by atoms with Crippen LogP contribution >= 0.6 is 12.2 Å². The molecule has 0 aliphatic heterocycles. The number of aromatic carboxylic acids is 1. The van der Waals surface area contributed by atoms with Crippen LogP contribution in [0.3, 0.4) is 0 Å². The Morgan fingerprint density at radius 3 is 2.38 bits per heavy atom. The number of fused-ring (bicyclic) bond motifs is 2. The van der Waals surface area contributed by atoms with Crippen molar-refractivity contribution in [3.63, 3.8) is 0 Å². The number of nitrogens with zero attached hydrogens (tertiary/aromatic N) is 3. The molecule has 0 atom stereocenters. The molecule has 0 fully saturated rings. The number of anilines is 1. The van der Waals surface area contributed by atoms with Gasteiger partial charge in [0.25, 0.3) is 0 Å². The minimum Gasteiger partial charge on any atom is -0.478 e. The van der Waals surface area contributed by atoms with Gasteiger partial charge in [-0.05, 0) is 110 Å². The fourth-order valence-electron chi connectivity index (χ4n) is 5.20.